The zero-order chi connectivity index (χ0) is 25.3. The Hall–Kier alpha value is -5.22. The van der Waals surface area contributed by atoms with Gasteiger partial charge in [0.25, 0.3) is 0 Å². The molecular formula is C34H22N4. The van der Waals surface area contributed by atoms with Crippen LogP contribution in [0.15, 0.2) is 134 Å². The third kappa shape index (κ3) is 3.80. The van der Waals surface area contributed by atoms with E-state index in [1.807, 2.05) is 73.6 Å². The van der Waals surface area contributed by atoms with Crippen LogP contribution in [-0.2, 0) is 0 Å². The van der Waals surface area contributed by atoms with Crippen molar-refractivity contribution in [1.29, 1.82) is 0 Å². The van der Waals surface area contributed by atoms with Crippen molar-refractivity contribution in [2.75, 3.05) is 0 Å². The zero-order valence-corrected chi connectivity index (χ0v) is 20.5. The van der Waals surface area contributed by atoms with Gasteiger partial charge < -0.3 is 0 Å². The molecular weight excluding hydrogens is 464 g/mol. The van der Waals surface area contributed by atoms with E-state index in [4.69, 9.17) is 0 Å². The fourth-order valence-electron chi connectivity index (χ4n) is 5.25. The molecule has 7 aromatic rings. The van der Waals surface area contributed by atoms with E-state index in [1.165, 1.54) is 32.7 Å². The first kappa shape index (κ1) is 22.0. The van der Waals surface area contributed by atoms with Crippen LogP contribution in [0.3, 0.4) is 0 Å². The van der Waals surface area contributed by atoms with E-state index >= 15 is 0 Å². The maximum absolute atomic E-state index is 4.62. The summed E-state index contributed by atoms with van der Waals surface area (Å²) in [5.41, 5.74) is 8.26. The summed E-state index contributed by atoms with van der Waals surface area (Å²) in [6, 6.07) is 33.5. The second kappa shape index (κ2) is 9.34. The number of nitrogens with zero attached hydrogens (tertiary/aromatic N) is 4. The van der Waals surface area contributed by atoms with E-state index in [9.17, 15) is 0 Å². The zero-order valence-electron chi connectivity index (χ0n) is 20.5. The molecule has 0 unspecified atom stereocenters. The molecule has 0 amide bonds. The number of pyridine rings is 4. The van der Waals surface area contributed by atoms with Crippen molar-refractivity contribution in [2.24, 2.45) is 0 Å². The third-order valence-electron chi connectivity index (χ3n) is 6.91. The number of aromatic nitrogens is 4. The fraction of sp³-hybridized carbons (Fsp3) is 0. The Bertz CT molecular complexity index is 1720. The molecule has 0 aliphatic heterocycles. The van der Waals surface area contributed by atoms with E-state index in [0.717, 1.165) is 33.6 Å². The molecule has 4 heteroatoms. The molecule has 0 spiro atoms. The van der Waals surface area contributed by atoms with Crippen molar-refractivity contribution < 1.29 is 0 Å². The topological polar surface area (TPSA) is 51.6 Å². The van der Waals surface area contributed by atoms with Crippen LogP contribution in [-0.4, -0.2) is 19.9 Å². The van der Waals surface area contributed by atoms with Gasteiger partial charge in [0, 0.05) is 59.4 Å². The Kier molecular flexibility index (Phi) is 5.41. The fourth-order valence-corrected chi connectivity index (χ4v) is 5.25. The van der Waals surface area contributed by atoms with Crippen molar-refractivity contribution in [3.8, 4) is 44.8 Å². The van der Waals surface area contributed by atoms with E-state index in [2.05, 4.69) is 80.6 Å². The molecule has 7 rings (SSSR count). The summed E-state index contributed by atoms with van der Waals surface area (Å²) in [7, 11) is 0. The van der Waals surface area contributed by atoms with Crippen molar-refractivity contribution in [3.05, 3.63) is 134 Å². The highest BCUT2D eigenvalue weighted by atomic mass is 14.7. The molecule has 3 aromatic carbocycles. The summed E-state index contributed by atoms with van der Waals surface area (Å²) < 4.78 is 0. The van der Waals surface area contributed by atoms with E-state index in [-0.39, 0.29) is 0 Å². The molecule has 4 aromatic heterocycles. The van der Waals surface area contributed by atoms with E-state index in [0.29, 0.717) is 0 Å². The van der Waals surface area contributed by atoms with Crippen LogP contribution >= 0.6 is 0 Å². The molecule has 4 nitrogen and oxygen atoms in total. The molecule has 0 radical (unpaired) electrons. The minimum absolute atomic E-state index is 0.907. The van der Waals surface area contributed by atoms with Gasteiger partial charge in [-0.15, -0.1) is 0 Å². The van der Waals surface area contributed by atoms with Crippen LogP contribution in [0, 0.1) is 0 Å². The van der Waals surface area contributed by atoms with E-state index in [1.54, 1.807) is 0 Å². The first-order valence-electron chi connectivity index (χ1n) is 12.5. The van der Waals surface area contributed by atoms with E-state index < -0.39 is 0 Å². The summed E-state index contributed by atoms with van der Waals surface area (Å²) in [5.74, 6) is 0. The van der Waals surface area contributed by atoms with Gasteiger partial charge in [0.2, 0.25) is 0 Å². The van der Waals surface area contributed by atoms with Gasteiger partial charge in [0.1, 0.15) is 0 Å². The molecule has 0 N–H and O–H groups in total. The van der Waals surface area contributed by atoms with Gasteiger partial charge in [0.05, 0.1) is 11.4 Å². The molecule has 0 aliphatic carbocycles. The highest BCUT2D eigenvalue weighted by molar-refractivity contribution is 6.21. The van der Waals surface area contributed by atoms with Gasteiger partial charge in [-0.3, -0.25) is 19.9 Å². The summed E-state index contributed by atoms with van der Waals surface area (Å²) in [5, 5.41) is 4.68. The summed E-state index contributed by atoms with van der Waals surface area (Å²) in [6.07, 6.45) is 11.3. The van der Waals surface area contributed by atoms with Crippen LogP contribution in [0.1, 0.15) is 0 Å². The molecule has 0 aliphatic rings. The lowest BCUT2D eigenvalue weighted by Crippen LogP contribution is -1.93. The molecule has 0 saturated carbocycles. The molecule has 178 valence electrons. The maximum Gasteiger partial charge on any atom is 0.0717 e. The highest BCUT2D eigenvalue weighted by Gasteiger charge is 2.17. The van der Waals surface area contributed by atoms with Crippen molar-refractivity contribution >= 4 is 21.5 Å². The van der Waals surface area contributed by atoms with Gasteiger partial charge in [-0.25, -0.2) is 0 Å². The van der Waals surface area contributed by atoms with Gasteiger partial charge in [0.15, 0.2) is 0 Å². The number of hydrogen-bond donors (Lipinski definition) is 0. The smallest absolute Gasteiger partial charge is 0.0717 e. The van der Waals surface area contributed by atoms with Crippen molar-refractivity contribution in [2.45, 2.75) is 0 Å². The first-order chi connectivity index (χ1) is 18.9. The number of fused-ring (bicyclic) bond motifs is 2. The average Bonchev–Trinajstić information content (AvgIpc) is 3.01. The Morgan fingerprint density at radius 1 is 0.368 bits per heavy atom. The minimum atomic E-state index is 0.907. The lowest BCUT2D eigenvalue weighted by molar-refractivity contribution is 1.28. The Morgan fingerprint density at radius 3 is 1.11 bits per heavy atom. The highest BCUT2D eigenvalue weighted by Crippen LogP contribution is 2.44. The second-order valence-corrected chi connectivity index (χ2v) is 9.20. The Balaban J connectivity index is 1.51. The normalized spacial score (nSPS) is 11.2. The number of hydrogen-bond acceptors (Lipinski definition) is 4. The van der Waals surface area contributed by atoms with Crippen molar-refractivity contribution in [1.82, 2.24) is 19.9 Å². The van der Waals surface area contributed by atoms with Crippen LogP contribution in [0.25, 0.3) is 66.3 Å². The predicted octanol–water partition coefficient (Wildman–Crippen LogP) is 8.24. The quantitative estimate of drug-likeness (QED) is 0.235. The standard InChI is InChI=1S/C34H22N4/c1-2-10-28-27(9-1)33(25-17-23(19-35-21-25)31-13-5-7-15-37-31)29-11-3-4-12-30(29)34(28)26-18-24(20-36-22-26)32-14-6-8-16-38-32/h1-22H. The molecule has 38 heavy (non-hydrogen) atoms. The van der Waals surface area contributed by atoms with Crippen LogP contribution in [0.5, 0.6) is 0 Å². The Morgan fingerprint density at radius 2 is 0.737 bits per heavy atom. The van der Waals surface area contributed by atoms with Crippen LogP contribution in [0.2, 0.25) is 0 Å². The lowest BCUT2D eigenvalue weighted by Gasteiger charge is -2.18. The summed E-state index contributed by atoms with van der Waals surface area (Å²) in [4.78, 5) is 18.3. The third-order valence-corrected chi connectivity index (χ3v) is 6.91. The van der Waals surface area contributed by atoms with Gasteiger partial charge in [-0.05, 0) is 69.1 Å². The van der Waals surface area contributed by atoms with Crippen molar-refractivity contribution in [3.63, 3.8) is 0 Å². The second-order valence-electron chi connectivity index (χ2n) is 9.20. The lowest BCUT2D eigenvalue weighted by atomic mass is 9.86. The summed E-state index contributed by atoms with van der Waals surface area (Å²) >= 11 is 0. The SMILES string of the molecule is c1ccc(-c2cncc(-c3c4ccccc4c(-c4cncc(-c5ccccn5)c4)c4ccccc34)c2)nc1. The molecule has 0 atom stereocenters. The average molecular weight is 487 g/mol. The first-order valence-corrected chi connectivity index (χ1v) is 12.5. The van der Waals surface area contributed by atoms with Gasteiger partial charge >= 0.3 is 0 Å². The molecule has 4 heterocycles. The van der Waals surface area contributed by atoms with Gasteiger partial charge in [-0.2, -0.15) is 0 Å². The number of benzene rings is 3. The maximum atomic E-state index is 4.62. The largest absolute Gasteiger partial charge is 0.263 e. The van der Waals surface area contributed by atoms with Crippen LogP contribution in [0.4, 0.5) is 0 Å². The molecule has 0 saturated heterocycles. The summed E-state index contributed by atoms with van der Waals surface area (Å²) in [6.45, 7) is 0. The molecule has 0 bridgehead atoms. The minimum Gasteiger partial charge on any atom is -0.263 e. The predicted molar refractivity (Wildman–Crippen MR) is 154 cm³/mol. The monoisotopic (exact) mass is 486 g/mol. The Labute approximate surface area is 220 Å². The number of rotatable bonds is 4. The van der Waals surface area contributed by atoms with Crippen LogP contribution < -0.4 is 0 Å². The molecule has 0 fully saturated rings. The van der Waals surface area contributed by atoms with Gasteiger partial charge in [-0.1, -0.05) is 60.7 Å².